The molecule has 4 nitrogen and oxygen atoms in total. The average Bonchev–Trinajstić information content (AvgIpc) is 2.47. The van der Waals surface area contributed by atoms with Gasteiger partial charge in [0.15, 0.2) is 0 Å². The molecule has 5 heteroatoms. The quantitative estimate of drug-likeness (QED) is 0.859. The number of amides is 1. The van der Waals surface area contributed by atoms with Crippen LogP contribution in [-0.4, -0.2) is 19.6 Å². The highest BCUT2D eigenvalue weighted by Gasteiger charge is 2.05. The molecule has 2 rings (SSSR count). The fourth-order valence-electron chi connectivity index (χ4n) is 1.93. The van der Waals surface area contributed by atoms with Crippen LogP contribution in [0.3, 0.4) is 0 Å². The first kappa shape index (κ1) is 15.0. The van der Waals surface area contributed by atoms with Crippen LogP contribution in [0.15, 0.2) is 48.5 Å². The second kappa shape index (κ2) is 7.40. The van der Waals surface area contributed by atoms with Crippen molar-refractivity contribution in [2.75, 3.05) is 19.0 Å². The summed E-state index contributed by atoms with van der Waals surface area (Å²) in [5.41, 5.74) is 1.41. The molecule has 2 aromatic carbocycles. The number of carbonyl (C=O) groups is 1. The number of anilines is 1. The highest BCUT2D eigenvalue weighted by Crippen LogP contribution is 2.16. The molecular weight excluding hydrogens is 271 g/mol. The van der Waals surface area contributed by atoms with Gasteiger partial charge in [-0.05, 0) is 24.3 Å². The van der Waals surface area contributed by atoms with E-state index in [0.717, 1.165) is 11.3 Å². The largest absolute Gasteiger partial charge is 0.496 e. The van der Waals surface area contributed by atoms with Crippen LogP contribution in [0, 0.1) is 5.82 Å². The van der Waals surface area contributed by atoms with E-state index in [1.807, 2.05) is 24.3 Å². The third-order valence-electron chi connectivity index (χ3n) is 2.90. The summed E-state index contributed by atoms with van der Waals surface area (Å²) in [6, 6.07) is 13.4. The lowest BCUT2D eigenvalue weighted by molar-refractivity contribution is -0.115. The van der Waals surface area contributed by atoms with Gasteiger partial charge < -0.3 is 15.4 Å². The average molecular weight is 288 g/mol. The zero-order chi connectivity index (χ0) is 15.1. The second-order valence-electron chi connectivity index (χ2n) is 4.47. The van der Waals surface area contributed by atoms with Crippen LogP contribution in [0.25, 0.3) is 0 Å². The molecule has 0 aliphatic heterocycles. The summed E-state index contributed by atoms with van der Waals surface area (Å²) in [7, 11) is 1.61. The number of hydrogen-bond donors (Lipinski definition) is 2. The van der Waals surface area contributed by atoms with E-state index in [2.05, 4.69) is 10.6 Å². The van der Waals surface area contributed by atoms with Gasteiger partial charge in [0, 0.05) is 17.8 Å². The van der Waals surface area contributed by atoms with Crippen LogP contribution >= 0.6 is 0 Å². The summed E-state index contributed by atoms with van der Waals surface area (Å²) in [4.78, 5) is 11.7. The lowest BCUT2D eigenvalue weighted by atomic mass is 10.2. The summed E-state index contributed by atoms with van der Waals surface area (Å²) in [6.45, 7) is 0.648. The fourth-order valence-corrected chi connectivity index (χ4v) is 1.93. The fraction of sp³-hybridized carbons (Fsp3) is 0.188. The summed E-state index contributed by atoms with van der Waals surface area (Å²) in [6.07, 6.45) is 0. The molecule has 0 aromatic heterocycles. The van der Waals surface area contributed by atoms with Gasteiger partial charge >= 0.3 is 0 Å². The maximum atomic E-state index is 13.0. The summed E-state index contributed by atoms with van der Waals surface area (Å²) in [5, 5.41) is 5.65. The Morgan fingerprint density at radius 3 is 2.76 bits per heavy atom. The molecule has 0 spiro atoms. The van der Waals surface area contributed by atoms with Crippen molar-refractivity contribution in [2.24, 2.45) is 0 Å². The molecule has 0 saturated heterocycles. The van der Waals surface area contributed by atoms with Crippen LogP contribution in [0.4, 0.5) is 10.1 Å². The Morgan fingerprint density at radius 1 is 1.19 bits per heavy atom. The number of benzene rings is 2. The van der Waals surface area contributed by atoms with Crippen LogP contribution < -0.4 is 15.4 Å². The predicted molar refractivity (Wildman–Crippen MR) is 79.7 cm³/mol. The van der Waals surface area contributed by atoms with E-state index >= 15 is 0 Å². The van der Waals surface area contributed by atoms with Crippen molar-refractivity contribution in [3.63, 3.8) is 0 Å². The SMILES string of the molecule is COc1ccccc1CNCC(=O)Nc1cccc(F)c1. The maximum Gasteiger partial charge on any atom is 0.238 e. The minimum atomic E-state index is -0.380. The zero-order valence-corrected chi connectivity index (χ0v) is 11.7. The number of rotatable bonds is 6. The Kier molecular flexibility index (Phi) is 5.29. The van der Waals surface area contributed by atoms with Crippen molar-refractivity contribution >= 4 is 11.6 Å². The molecule has 0 saturated carbocycles. The number of ether oxygens (including phenoxy) is 1. The van der Waals surface area contributed by atoms with Crippen LogP contribution in [0.1, 0.15) is 5.56 Å². The molecule has 0 radical (unpaired) electrons. The van der Waals surface area contributed by atoms with E-state index in [-0.39, 0.29) is 18.3 Å². The monoisotopic (exact) mass is 288 g/mol. The molecule has 21 heavy (non-hydrogen) atoms. The van der Waals surface area contributed by atoms with Crippen LogP contribution in [0.5, 0.6) is 5.75 Å². The predicted octanol–water partition coefficient (Wildman–Crippen LogP) is 2.56. The van der Waals surface area contributed by atoms with Gasteiger partial charge in [-0.15, -0.1) is 0 Å². The standard InChI is InChI=1S/C16H17FN2O2/c1-21-15-8-3-2-5-12(15)10-18-11-16(20)19-14-7-4-6-13(17)9-14/h2-9,18H,10-11H2,1H3,(H,19,20). The van der Waals surface area contributed by atoms with Crippen molar-refractivity contribution in [3.8, 4) is 5.75 Å². The smallest absolute Gasteiger partial charge is 0.238 e. The van der Waals surface area contributed by atoms with Crippen LogP contribution in [0.2, 0.25) is 0 Å². The number of para-hydroxylation sites is 1. The van der Waals surface area contributed by atoms with Crippen molar-refractivity contribution in [1.29, 1.82) is 0 Å². The molecule has 0 heterocycles. The van der Waals surface area contributed by atoms with Crippen molar-refractivity contribution < 1.29 is 13.9 Å². The first-order valence-corrected chi connectivity index (χ1v) is 6.57. The Bertz CT molecular complexity index is 617. The highest BCUT2D eigenvalue weighted by molar-refractivity contribution is 5.92. The molecule has 110 valence electrons. The minimum absolute atomic E-state index is 0.133. The molecule has 0 atom stereocenters. The molecule has 0 aliphatic carbocycles. The Morgan fingerprint density at radius 2 is 2.00 bits per heavy atom. The van der Waals surface area contributed by atoms with Gasteiger partial charge in [-0.2, -0.15) is 0 Å². The molecule has 2 aromatic rings. The number of methoxy groups -OCH3 is 1. The van der Waals surface area contributed by atoms with E-state index in [0.29, 0.717) is 12.2 Å². The van der Waals surface area contributed by atoms with Gasteiger partial charge in [0.2, 0.25) is 5.91 Å². The van der Waals surface area contributed by atoms with E-state index in [1.165, 1.54) is 12.1 Å². The molecule has 2 N–H and O–H groups in total. The van der Waals surface area contributed by atoms with E-state index in [4.69, 9.17) is 4.74 Å². The molecular formula is C16H17FN2O2. The first-order valence-electron chi connectivity index (χ1n) is 6.57. The molecule has 1 amide bonds. The first-order chi connectivity index (χ1) is 10.2. The minimum Gasteiger partial charge on any atom is -0.496 e. The lowest BCUT2D eigenvalue weighted by Crippen LogP contribution is -2.27. The van der Waals surface area contributed by atoms with Gasteiger partial charge in [0.1, 0.15) is 11.6 Å². The highest BCUT2D eigenvalue weighted by atomic mass is 19.1. The summed E-state index contributed by atoms with van der Waals surface area (Å²) < 4.78 is 18.2. The number of halogens is 1. The molecule has 0 fully saturated rings. The third-order valence-corrected chi connectivity index (χ3v) is 2.90. The van der Waals surface area contributed by atoms with Gasteiger partial charge in [0.05, 0.1) is 13.7 Å². The van der Waals surface area contributed by atoms with Crippen molar-refractivity contribution in [1.82, 2.24) is 5.32 Å². The van der Waals surface area contributed by atoms with Gasteiger partial charge in [0.25, 0.3) is 0 Å². The van der Waals surface area contributed by atoms with Gasteiger partial charge in [-0.1, -0.05) is 24.3 Å². The van der Waals surface area contributed by atoms with Crippen molar-refractivity contribution in [2.45, 2.75) is 6.54 Å². The van der Waals surface area contributed by atoms with Gasteiger partial charge in [-0.3, -0.25) is 4.79 Å². The Hall–Kier alpha value is -2.40. The summed E-state index contributed by atoms with van der Waals surface area (Å²) in [5.74, 6) is 0.167. The van der Waals surface area contributed by atoms with Gasteiger partial charge in [-0.25, -0.2) is 4.39 Å². The van der Waals surface area contributed by atoms with Crippen molar-refractivity contribution in [3.05, 3.63) is 59.9 Å². The molecule has 0 unspecified atom stereocenters. The molecule has 0 bridgehead atoms. The number of hydrogen-bond acceptors (Lipinski definition) is 3. The third kappa shape index (κ3) is 4.57. The lowest BCUT2D eigenvalue weighted by Gasteiger charge is -2.09. The second-order valence-corrected chi connectivity index (χ2v) is 4.47. The van der Waals surface area contributed by atoms with E-state index in [1.54, 1.807) is 19.2 Å². The maximum absolute atomic E-state index is 13.0. The topological polar surface area (TPSA) is 50.4 Å². The number of nitrogens with one attached hydrogen (secondary N) is 2. The Balaban J connectivity index is 1.82. The van der Waals surface area contributed by atoms with Crippen LogP contribution in [-0.2, 0) is 11.3 Å². The number of carbonyl (C=O) groups excluding carboxylic acids is 1. The summed E-state index contributed by atoms with van der Waals surface area (Å²) >= 11 is 0. The van der Waals surface area contributed by atoms with E-state index in [9.17, 15) is 9.18 Å². The Labute approximate surface area is 122 Å². The van der Waals surface area contributed by atoms with E-state index < -0.39 is 0 Å². The normalized spacial score (nSPS) is 10.2. The zero-order valence-electron chi connectivity index (χ0n) is 11.7. The molecule has 0 aliphatic rings.